The first-order chi connectivity index (χ1) is 9.66. The summed E-state index contributed by atoms with van der Waals surface area (Å²) in [5, 5.41) is 10.6. The van der Waals surface area contributed by atoms with Crippen LogP contribution < -0.4 is 10.5 Å². The lowest BCUT2D eigenvalue weighted by atomic mass is 10.2. The lowest BCUT2D eigenvalue weighted by molar-refractivity contribution is -0.383. The molecule has 5 nitrogen and oxygen atoms in total. The summed E-state index contributed by atoms with van der Waals surface area (Å²) in [6.07, 6.45) is 3.81. The van der Waals surface area contributed by atoms with Crippen molar-refractivity contribution in [3.8, 4) is 5.75 Å². The Kier molecular flexibility index (Phi) is 4.34. The van der Waals surface area contributed by atoms with Gasteiger partial charge in [0.1, 0.15) is 18.0 Å². The van der Waals surface area contributed by atoms with Crippen molar-refractivity contribution in [1.82, 2.24) is 0 Å². The first kappa shape index (κ1) is 13.6. The summed E-state index contributed by atoms with van der Waals surface area (Å²) < 4.78 is 5.45. The molecule has 0 amide bonds. The van der Waals surface area contributed by atoms with Gasteiger partial charge in [0.05, 0.1) is 4.92 Å². The number of benzene rings is 2. The van der Waals surface area contributed by atoms with Gasteiger partial charge in [0.2, 0.25) is 0 Å². The van der Waals surface area contributed by atoms with Crippen molar-refractivity contribution in [1.29, 1.82) is 0 Å². The Morgan fingerprint density at radius 1 is 1.20 bits per heavy atom. The van der Waals surface area contributed by atoms with Gasteiger partial charge in [-0.15, -0.1) is 0 Å². The number of hydrogen-bond donors (Lipinski definition) is 1. The van der Waals surface area contributed by atoms with E-state index in [2.05, 4.69) is 0 Å². The fourth-order valence-electron chi connectivity index (χ4n) is 1.68. The highest BCUT2D eigenvalue weighted by molar-refractivity contribution is 5.60. The van der Waals surface area contributed by atoms with Gasteiger partial charge in [-0.25, -0.2) is 0 Å². The smallest absolute Gasteiger partial charge is 0.292 e. The second-order valence-corrected chi connectivity index (χ2v) is 4.10. The van der Waals surface area contributed by atoms with Gasteiger partial charge in [-0.05, 0) is 17.7 Å². The average molecular weight is 270 g/mol. The first-order valence-electron chi connectivity index (χ1n) is 6.05. The van der Waals surface area contributed by atoms with Crippen molar-refractivity contribution in [2.75, 3.05) is 12.3 Å². The van der Waals surface area contributed by atoms with Crippen molar-refractivity contribution >= 4 is 17.5 Å². The fraction of sp³-hybridized carbons (Fsp3) is 0.0667. The third-order valence-electron chi connectivity index (χ3n) is 2.65. The van der Waals surface area contributed by atoms with E-state index in [1.54, 1.807) is 0 Å². The minimum atomic E-state index is -0.519. The van der Waals surface area contributed by atoms with Crippen molar-refractivity contribution in [3.63, 3.8) is 0 Å². The van der Waals surface area contributed by atoms with Crippen LogP contribution in [0.2, 0.25) is 0 Å². The van der Waals surface area contributed by atoms with Crippen molar-refractivity contribution in [3.05, 3.63) is 70.3 Å². The van der Waals surface area contributed by atoms with Gasteiger partial charge in [0, 0.05) is 12.1 Å². The molecule has 0 bridgehead atoms. The van der Waals surface area contributed by atoms with Crippen LogP contribution in [0.15, 0.2) is 54.6 Å². The zero-order valence-corrected chi connectivity index (χ0v) is 10.7. The highest BCUT2D eigenvalue weighted by Gasteiger charge is 2.11. The summed E-state index contributed by atoms with van der Waals surface area (Å²) in [5.74, 6) is 0.505. The zero-order valence-electron chi connectivity index (χ0n) is 10.7. The monoisotopic (exact) mass is 270 g/mol. The number of rotatable bonds is 5. The molecule has 0 aliphatic rings. The highest BCUT2D eigenvalue weighted by atomic mass is 16.6. The predicted molar refractivity (Wildman–Crippen MR) is 78.5 cm³/mol. The molecule has 0 radical (unpaired) electrons. The fourth-order valence-corrected chi connectivity index (χ4v) is 1.68. The van der Waals surface area contributed by atoms with Gasteiger partial charge in [-0.1, -0.05) is 36.4 Å². The molecule has 0 fully saturated rings. The van der Waals surface area contributed by atoms with Crippen LogP contribution in [-0.2, 0) is 0 Å². The standard InChI is InChI=1S/C15H14N2O3/c16-14-11-13(8-9-15(14)17(18)19)20-10-4-7-12-5-2-1-3-6-12/h1-9,11H,10,16H2/b7-4+. The van der Waals surface area contributed by atoms with E-state index in [0.29, 0.717) is 12.4 Å². The topological polar surface area (TPSA) is 78.4 Å². The van der Waals surface area contributed by atoms with Crippen LogP contribution in [0.4, 0.5) is 11.4 Å². The Hall–Kier alpha value is -2.82. The molecular weight excluding hydrogens is 256 g/mol. The number of ether oxygens (including phenoxy) is 1. The summed E-state index contributed by atoms with van der Waals surface area (Å²) in [6, 6.07) is 14.2. The molecule has 2 N–H and O–H groups in total. The van der Waals surface area contributed by atoms with Crippen molar-refractivity contribution in [2.24, 2.45) is 0 Å². The maximum atomic E-state index is 10.6. The molecule has 0 saturated heterocycles. The molecule has 5 heteroatoms. The summed E-state index contributed by atoms with van der Waals surface area (Å²) >= 11 is 0. The largest absolute Gasteiger partial charge is 0.489 e. The van der Waals surface area contributed by atoms with Crippen molar-refractivity contribution in [2.45, 2.75) is 0 Å². The van der Waals surface area contributed by atoms with Crippen molar-refractivity contribution < 1.29 is 9.66 Å². The summed E-state index contributed by atoms with van der Waals surface area (Å²) in [5.41, 5.74) is 6.64. The second kappa shape index (κ2) is 6.38. The zero-order chi connectivity index (χ0) is 14.4. The van der Waals surface area contributed by atoms with E-state index in [0.717, 1.165) is 5.56 Å². The van der Waals surface area contributed by atoms with E-state index in [-0.39, 0.29) is 11.4 Å². The van der Waals surface area contributed by atoms with Crippen LogP contribution in [0.5, 0.6) is 5.75 Å². The Bertz CT molecular complexity index is 624. The molecule has 2 aromatic carbocycles. The summed E-state index contributed by atoms with van der Waals surface area (Å²) in [7, 11) is 0. The predicted octanol–water partition coefficient (Wildman–Crippen LogP) is 3.27. The molecule has 20 heavy (non-hydrogen) atoms. The van der Waals surface area contributed by atoms with E-state index in [9.17, 15) is 10.1 Å². The molecule has 0 aromatic heterocycles. The van der Waals surface area contributed by atoms with E-state index >= 15 is 0 Å². The minimum absolute atomic E-state index is 0.0968. The number of nitrogens with zero attached hydrogens (tertiary/aromatic N) is 1. The lowest BCUT2D eigenvalue weighted by Gasteiger charge is -2.04. The molecule has 0 heterocycles. The summed E-state index contributed by atoms with van der Waals surface area (Å²) in [4.78, 5) is 10.1. The van der Waals surface area contributed by atoms with Gasteiger partial charge >= 0.3 is 0 Å². The molecule has 2 aromatic rings. The third kappa shape index (κ3) is 3.58. The number of nitro benzene ring substituents is 1. The van der Waals surface area contributed by atoms with Gasteiger partial charge < -0.3 is 10.5 Å². The molecule has 0 atom stereocenters. The van der Waals surface area contributed by atoms with E-state index in [1.807, 2.05) is 42.5 Å². The quantitative estimate of drug-likeness (QED) is 0.513. The van der Waals surface area contributed by atoms with Gasteiger partial charge in [0.25, 0.3) is 5.69 Å². The molecule has 2 rings (SSSR count). The van der Waals surface area contributed by atoms with Crippen LogP contribution in [0.25, 0.3) is 6.08 Å². The molecule has 102 valence electrons. The molecule has 0 saturated carbocycles. The molecule has 0 spiro atoms. The van der Waals surface area contributed by atoms with E-state index in [1.165, 1.54) is 18.2 Å². The number of nitro groups is 1. The van der Waals surface area contributed by atoms with Gasteiger partial charge in [0.15, 0.2) is 0 Å². The number of anilines is 1. The maximum absolute atomic E-state index is 10.6. The molecule has 0 aliphatic heterocycles. The Labute approximate surface area is 116 Å². The Morgan fingerprint density at radius 3 is 2.60 bits per heavy atom. The normalized spacial score (nSPS) is 10.6. The Morgan fingerprint density at radius 2 is 1.95 bits per heavy atom. The number of nitrogens with two attached hydrogens (primary N) is 1. The van der Waals surface area contributed by atoms with Crippen LogP contribution in [0, 0.1) is 10.1 Å². The first-order valence-corrected chi connectivity index (χ1v) is 6.05. The number of nitrogen functional groups attached to an aromatic ring is 1. The summed E-state index contributed by atoms with van der Waals surface area (Å²) in [6.45, 7) is 0.367. The molecule has 0 unspecified atom stereocenters. The van der Waals surface area contributed by atoms with Crippen LogP contribution in [0.1, 0.15) is 5.56 Å². The second-order valence-electron chi connectivity index (χ2n) is 4.10. The molecule has 0 aliphatic carbocycles. The van der Waals surface area contributed by atoms with E-state index in [4.69, 9.17) is 10.5 Å². The minimum Gasteiger partial charge on any atom is -0.489 e. The molecular formula is C15H14N2O3. The van der Waals surface area contributed by atoms with Gasteiger partial charge in [-0.2, -0.15) is 0 Å². The van der Waals surface area contributed by atoms with Crippen LogP contribution in [-0.4, -0.2) is 11.5 Å². The third-order valence-corrected chi connectivity index (χ3v) is 2.65. The highest BCUT2D eigenvalue weighted by Crippen LogP contribution is 2.25. The van der Waals surface area contributed by atoms with Gasteiger partial charge in [-0.3, -0.25) is 10.1 Å². The Balaban J connectivity index is 1.93. The van der Waals surface area contributed by atoms with E-state index < -0.39 is 4.92 Å². The SMILES string of the molecule is Nc1cc(OC/C=C/c2ccccc2)ccc1[N+](=O)[O-]. The van der Waals surface area contributed by atoms with Crippen LogP contribution in [0.3, 0.4) is 0 Å². The van der Waals surface area contributed by atoms with Crippen LogP contribution >= 0.6 is 0 Å². The maximum Gasteiger partial charge on any atom is 0.292 e. The number of hydrogen-bond acceptors (Lipinski definition) is 4. The average Bonchev–Trinajstić information content (AvgIpc) is 2.44. The lowest BCUT2D eigenvalue weighted by Crippen LogP contribution is -1.98.